The number of carbonyl (C=O) groups excluding carboxylic acids is 1. The Morgan fingerprint density at radius 1 is 1.31 bits per heavy atom. The number of benzene rings is 1. The number of nitrogens with zero attached hydrogens (tertiary/aromatic N) is 3. The number of hydrogen-bond acceptors (Lipinski definition) is 6. The highest BCUT2D eigenvalue weighted by atomic mass is 16.6. The van der Waals surface area contributed by atoms with Gasteiger partial charge in [0.2, 0.25) is 0 Å². The standard InChI is InChI=1S/C21H21N3O5/c1-3-28-21(25)17(22-2)14-16-8-10-20(29-16)15-7-9-18(19(13-15)24(26)27)23-11-5-4-6-12-23/h7-10,13-14H,3-6,11-12H2,1H3. The lowest BCUT2D eigenvalue weighted by Crippen LogP contribution is -2.29. The van der Waals surface area contributed by atoms with E-state index in [0.29, 0.717) is 22.8 Å². The molecule has 1 aromatic heterocycles. The average molecular weight is 395 g/mol. The predicted octanol–water partition coefficient (Wildman–Crippen LogP) is 4.67. The summed E-state index contributed by atoms with van der Waals surface area (Å²) < 4.78 is 10.5. The fourth-order valence-corrected chi connectivity index (χ4v) is 3.29. The zero-order chi connectivity index (χ0) is 20.8. The number of piperidine rings is 1. The van der Waals surface area contributed by atoms with Gasteiger partial charge in [0, 0.05) is 24.7 Å². The van der Waals surface area contributed by atoms with E-state index in [1.165, 1.54) is 12.1 Å². The molecule has 2 aromatic rings. The van der Waals surface area contributed by atoms with Gasteiger partial charge in [-0.05, 0) is 56.5 Å². The fraction of sp³-hybridized carbons (Fsp3) is 0.333. The summed E-state index contributed by atoms with van der Waals surface area (Å²) in [5.74, 6) is -0.0125. The summed E-state index contributed by atoms with van der Waals surface area (Å²) in [4.78, 5) is 28.2. The molecule has 2 heterocycles. The van der Waals surface area contributed by atoms with E-state index in [9.17, 15) is 14.9 Å². The van der Waals surface area contributed by atoms with Crippen molar-refractivity contribution in [2.24, 2.45) is 0 Å². The number of anilines is 1. The van der Waals surface area contributed by atoms with Crippen LogP contribution in [0.1, 0.15) is 31.9 Å². The third-order valence-corrected chi connectivity index (χ3v) is 4.66. The Balaban J connectivity index is 1.90. The molecule has 1 aliphatic heterocycles. The van der Waals surface area contributed by atoms with E-state index in [4.69, 9.17) is 15.7 Å². The quantitative estimate of drug-likeness (QED) is 0.232. The number of ether oxygens (including phenoxy) is 1. The van der Waals surface area contributed by atoms with Crippen molar-refractivity contribution < 1.29 is 18.9 Å². The molecule has 1 aromatic carbocycles. The number of carbonyl (C=O) groups is 1. The van der Waals surface area contributed by atoms with Crippen LogP contribution in [0.4, 0.5) is 11.4 Å². The molecular formula is C21H21N3O5. The second-order valence-electron chi connectivity index (χ2n) is 6.57. The van der Waals surface area contributed by atoms with E-state index in [1.54, 1.807) is 31.2 Å². The Morgan fingerprint density at radius 3 is 2.72 bits per heavy atom. The molecule has 3 rings (SSSR count). The molecule has 0 N–H and O–H groups in total. The second-order valence-corrected chi connectivity index (χ2v) is 6.57. The lowest BCUT2D eigenvalue weighted by atomic mass is 10.1. The molecule has 0 saturated carbocycles. The van der Waals surface area contributed by atoms with Crippen LogP contribution in [0.5, 0.6) is 0 Å². The van der Waals surface area contributed by atoms with Gasteiger partial charge in [0.1, 0.15) is 17.2 Å². The monoisotopic (exact) mass is 395 g/mol. The molecule has 1 saturated heterocycles. The van der Waals surface area contributed by atoms with Crippen LogP contribution < -0.4 is 4.90 Å². The highest BCUT2D eigenvalue weighted by molar-refractivity contribution is 5.95. The molecule has 0 bridgehead atoms. The van der Waals surface area contributed by atoms with Crippen molar-refractivity contribution >= 4 is 23.4 Å². The van der Waals surface area contributed by atoms with Crippen molar-refractivity contribution in [2.75, 3.05) is 24.6 Å². The molecule has 29 heavy (non-hydrogen) atoms. The van der Waals surface area contributed by atoms with Gasteiger partial charge < -0.3 is 14.1 Å². The summed E-state index contributed by atoms with van der Waals surface area (Å²) >= 11 is 0. The minimum absolute atomic E-state index is 0.0336. The van der Waals surface area contributed by atoms with Gasteiger partial charge in [-0.2, -0.15) is 0 Å². The number of esters is 1. The third kappa shape index (κ3) is 4.63. The van der Waals surface area contributed by atoms with Gasteiger partial charge in [0.05, 0.1) is 18.1 Å². The molecule has 0 radical (unpaired) electrons. The van der Waals surface area contributed by atoms with E-state index < -0.39 is 5.97 Å². The average Bonchev–Trinajstić information content (AvgIpc) is 3.21. The van der Waals surface area contributed by atoms with Crippen LogP contribution in [-0.4, -0.2) is 30.6 Å². The van der Waals surface area contributed by atoms with Gasteiger partial charge in [-0.3, -0.25) is 14.9 Å². The van der Waals surface area contributed by atoms with Crippen molar-refractivity contribution in [3.8, 4) is 11.3 Å². The van der Waals surface area contributed by atoms with Crippen LogP contribution in [0.3, 0.4) is 0 Å². The van der Waals surface area contributed by atoms with Crippen molar-refractivity contribution in [1.29, 1.82) is 0 Å². The number of hydrogen-bond donors (Lipinski definition) is 0. The zero-order valence-corrected chi connectivity index (χ0v) is 16.1. The highest BCUT2D eigenvalue weighted by Crippen LogP contribution is 2.35. The fourth-order valence-electron chi connectivity index (χ4n) is 3.29. The molecule has 8 heteroatoms. The number of nitro groups is 1. The molecule has 150 valence electrons. The largest absolute Gasteiger partial charge is 0.471 e. The van der Waals surface area contributed by atoms with Crippen LogP contribution in [0.15, 0.2) is 40.4 Å². The number of rotatable bonds is 6. The third-order valence-electron chi connectivity index (χ3n) is 4.66. The molecule has 0 atom stereocenters. The van der Waals surface area contributed by atoms with Gasteiger partial charge in [0.15, 0.2) is 0 Å². The smallest absolute Gasteiger partial charge is 0.336 e. The summed E-state index contributed by atoms with van der Waals surface area (Å²) in [5, 5.41) is 11.6. The Labute approximate surface area is 168 Å². The van der Waals surface area contributed by atoms with Crippen molar-refractivity contribution in [3.63, 3.8) is 0 Å². The Hall–Kier alpha value is -3.60. The van der Waals surface area contributed by atoms with Gasteiger partial charge in [-0.15, -0.1) is 0 Å². The maximum atomic E-state index is 11.7. The molecular weight excluding hydrogens is 374 g/mol. The summed E-state index contributed by atoms with van der Waals surface area (Å²) in [5.41, 5.74) is 1.01. The van der Waals surface area contributed by atoms with E-state index in [-0.39, 0.29) is 22.9 Å². The van der Waals surface area contributed by atoms with Crippen LogP contribution in [0.2, 0.25) is 0 Å². The molecule has 0 spiro atoms. The first-order valence-corrected chi connectivity index (χ1v) is 9.43. The normalized spacial score (nSPS) is 14.3. The van der Waals surface area contributed by atoms with Gasteiger partial charge >= 0.3 is 5.97 Å². The first-order chi connectivity index (χ1) is 14.0. The Kier molecular flexibility index (Phi) is 6.29. The lowest BCUT2D eigenvalue weighted by Gasteiger charge is -2.28. The SMILES string of the molecule is [C-]#[N+]C(=Cc1ccc(-c2ccc(N3CCCCC3)c([N+](=O)[O-])c2)o1)C(=O)OCC. The van der Waals surface area contributed by atoms with Crippen molar-refractivity contribution in [1.82, 2.24) is 0 Å². The maximum Gasteiger partial charge on any atom is 0.336 e. The van der Waals surface area contributed by atoms with Gasteiger partial charge in [0.25, 0.3) is 11.4 Å². The van der Waals surface area contributed by atoms with Crippen molar-refractivity contribution in [2.45, 2.75) is 26.2 Å². The summed E-state index contributed by atoms with van der Waals surface area (Å²) in [6.07, 6.45) is 4.49. The lowest BCUT2D eigenvalue weighted by molar-refractivity contribution is -0.384. The van der Waals surface area contributed by atoms with E-state index in [1.807, 2.05) is 4.90 Å². The van der Waals surface area contributed by atoms with Crippen LogP contribution in [0.25, 0.3) is 22.2 Å². The van der Waals surface area contributed by atoms with E-state index in [0.717, 1.165) is 32.4 Å². The van der Waals surface area contributed by atoms with Crippen LogP contribution >= 0.6 is 0 Å². The Morgan fingerprint density at radius 2 is 2.07 bits per heavy atom. The van der Waals surface area contributed by atoms with Gasteiger partial charge in [-0.1, -0.05) is 0 Å². The van der Waals surface area contributed by atoms with E-state index in [2.05, 4.69) is 4.85 Å². The topological polar surface area (TPSA) is 90.2 Å². The molecule has 0 amide bonds. The summed E-state index contributed by atoms with van der Waals surface area (Å²) in [6, 6.07) is 8.28. The van der Waals surface area contributed by atoms with Crippen molar-refractivity contribution in [3.05, 3.63) is 63.3 Å². The molecule has 0 unspecified atom stereocenters. The molecule has 1 fully saturated rings. The molecule has 8 nitrogen and oxygen atoms in total. The van der Waals surface area contributed by atoms with Gasteiger partial charge in [-0.25, -0.2) is 4.85 Å². The van der Waals surface area contributed by atoms with E-state index >= 15 is 0 Å². The highest BCUT2D eigenvalue weighted by Gasteiger charge is 2.22. The predicted molar refractivity (Wildman–Crippen MR) is 108 cm³/mol. The van der Waals surface area contributed by atoms with Crippen LogP contribution in [0, 0.1) is 16.7 Å². The first kappa shape index (κ1) is 20.1. The summed E-state index contributed by atoms with van der Waals surface area (Å²) in [7, 11) is 0. The minimum atomic E-state index is -0.720. The zero-order valence-electron chi connectivity index (χ0n) is 16.1. The molecule has 0 aliphatic carbocycles. The number of nitro benzene ring substituents is 1. The first-order valence-electron chi connectivity index (χ1n) is 9.43. The number of furan rings is 1. The van der Waals surface area contributed by atoms with Crippen LogP contribution in [-0.2, 0) is 9.53 Å². The summed E-state index contributed by atoms with van der Waals surface area (Å²) in [6.45, 7) is 10.6. The maximum absolute atomic E-state index is 11.7. The second kappa shape index (κ2) is 9.06. The molecule has 1 aliphatic rings. The minimum Gasteiger partial charge on any atom is -0.471 e. The Bertz CT molecular complexity index is 980.